The Morgan fingerprint density at radius 2 is 1.76 bits per heavy atom. The summed E-state index contributed by atoms with van der Waals surface area (Å²) in [6.45, 7) is 1.74. The number of hydrogen-bond donors (Lipinski definition) is 0. The highest BCUT2D eigenvalue weighted by Gasteiger charge is 2.20. The topological polar surface area (TPSA) is 52.6 Å². The number of aryl methyl sites for hydroxylation is 1. The molecule has 0 N–H and O–H groups in total. The molecule has 0 saturated heterocycles. The molecule has 0 aliphatic heterocycles. The van der Waals surface area contributed by atoms with Crippen LogP contribution in [0.15, 0.2) is 41.3 Å². The lowest BCUT2D eigenvalue weighted by molar-refractivity contribution is 0.411. The van der Waals surface area contributed by atoms with E-state index in [1.807, 2.05) is 0 Å². The number of hydrogen-bond acceptors (Lipinski definition) is 4. The number of rotatable bonds is 4. The van der Waals surface area contributed by atoms with Crippen LogP contribution in [0, 0.1) is 6.92 Å². The van der Waals surface area contributed by atoms with Gasteiger partial charge in [-0.1, -0.05) is 29.3 Å². The highest BCUT2D eigenvalue weighted by Crippen LogP contribution is 2.33. The highest BCUT2D eigenvalue weighted by molar-refractivity contribution is 7.87. The summed E-state index contributed by atoms with van der Waals surface area (Å²) in [5.74, 6) is 0.576. The van der Waals surface area contributed by atoms with Crippen molar-refractivity contribution in [2.24, 2.45) is 0 Å². The maximum Gasteiger partial charge on any atom is 0.339 e. The van der Waals surface area contributed by atoms with Gasteiger partial charge in [-0.05, 0) is 42.8 Å². The minimum absolute atomic E-state index is 0.0110. The SMILES string of the molecule is COc1ccc(S(=O)(=O)Oc2cccc(Cl)c2Cl)cc1C. The molecule has 112 valence electrons. The Morgan fingerprint density at radius 3 is 2.38 bits per heavy atom. The average molecular weight is 347 g/mol. The first-order valence-electron chi connectivity index (χ1n) is 5.88. The molecule has 0 saturated carbocycles. The molecule has 0 unspecified atom stereocenters. The predicted octanol–water partition coefficient (Wildman–Crippen LogP) is 4.08. The molecule has 2 aromatic carbocycles. The van der Waals surface area contributed by atoms with E-state index >= 15 is 0 Å². The van der Waals surface area contributed by atoms with E-state index in [4.69, 9.17) is 32.1 Å². The van der Waals surface area contributed by atoms with E-state index < -0.39 is 10.1 Å². The van der Waals surface area contributed by atoms with E-state index in [0.717, 1.165) is 0 Å². The van der Waals surface area contributed by atoms with Crippen molar-refractivity contribution in [3.63, 3.8) is 0 Å². The average Bonchev–Trinajstić information content (AvgIpc) is 2.43. The highest BCUT2D eigenvalue weighted by atomic mass is 35.5. The van der Waals surface area contributed by atoms with Crippen LogP contribution in [0.25, 0.3) is 0 Å². The molecular formula is C14H12Cl2O4S. The van der Waals surface area contributed by atoms with E-state index in [1.165, 1.54) is 25.3 Å². The van der Waals surface area contributed by atoms with Crippen LogP contribution in [-0.4, -0.2) is 15.5 Å². The maximum absolute atomic E-state index is 12.3. The summed E-state index contributed by atoms with van der Waals surface area (Å²) in [5, 5.41) is 0.267. The molecular weight excluding hydrogens is 335 g/mol. The van der Waals surface area contributed by atoms with Crippen LogP contribution >= 0.6 is 23.2 Å². The number of halogens is 2. The Morgan fingerprint density at radius 1 is 1.05 bits per heavy atom. The first kappa shape index (κ1) is 15.9. The van der Waals surface area contributed by atoms with Crippen LogP contribution in [0.2, 0.25) is 10.0 Å². The van der Waals surface area contributed by atoms with Gasteiger partial charge in [-0.2, -0.15) is 8.42 Å². The van der Waals surface area contributed by atoms with Gasteiger partial charge in [0.05, 0.1) is 12.1 Å². The third-order valence-electron chi connectivity index (χ3n) is 2.77. The molecule has 0 aliphatic rings. The summed E-state index contributed by atoms with van der Waals surface area (Å²) in [5.41, 5.74) is 0.680. The van der Waals surface area contributed by atoms with Gasteiger partial charge in [0.2, 0.25) is 0 Å². The summed E-state index contributed by atoms with van der Waals surface area (Å²) >= 11 is 11.8. The van der Waals surface area contributed by atoms with Crippen LogP contribution < -0.4 is 8.92 Å². The van der Waals surface area contributed by atoms with Crippen molar-refractivity contribution in [3.05, 3.63) is 52.0 Å². The summed E-state index contributed by atoms with van der Waals surface area (Å²) < 4.78 is 34.6. The summed E-state index contributed by atoms with van der Waals surface area (Å²) in [6.07, 6.45) is 0. The summed E-state index contributed by atoms with van der Waals surface area (Å²) in [4.78, 5) is 0.0110. The van der Waals surface area contributed by atoms with E-state index in [2.05, 4.69) is 0 Å². The zero-order chi connectivity index (χ0) is 15.6. The van der Waals surface area contributed by atoms with Crippen molar-refractivity contribution in [2.75, 3.05) is 7.11 Å². The molecule has 7 heteroatoms. The fraction of sp³-hybridized carbons (Fsp3) is 0.143. The molecule has 0 atom stereocenters. The molecule has 2 aromatic rings. The van der Waals surface area contributed by atoms with E-state index in [-0.39, 0.29) is 20.7 Å². The zero-order valence-electron chi connectivity index (χ0n) is 11.3. The second kappa shape index (κ2) is 6.13. The minimum Gasteiger partial charge on any atom is -0.496 e. The lowest BCUT2D eigenvalue weighted by Gasteiger charge is -2.11. The van der Waals surface area contributed by atoms with Crippen molar-refractivity contribution < 1.29 is 17.3 Å². The van der Waals surface area contributed by atoms with Crippen LogP contribution in [0.3, 0.4) is 0 Å². The van der Waals surface area contributed by atoms with Crippen molar-refractivity contribution in [3.8, 4) is 11.5 Å². The van der Waals surface area contributed by atoms with E-state index in [0.29, 0.717) is 11.3 Å². The molecule has 0 radical (unpaired) electrons. The standard InChI is InChI=1S/C14H12Cl2O4S/c1-9-8-10(6-7-12(9)19-2)21(17,18)20-13-5-3-4-11(15)14(13)16/h3-8H,1-2H3. The quantitative estimate of drug-likeness (QED) is 0.782. The van der Waals surface area contributed by atoms with E-state index in [1.54, 1.807) is 25.1 Å². The second-order valence-corrected chi connectivity index (χ2v) is 6.55. The largest absolute Gasteiger partial charge is 0.496 e. The maximum atomic E-state index is 12.3. The molecule has 4 nitrogen and oxygen atoms in total. The number of ether oxygens (including phenoxy) is 1. The Balaban J connectivity index is 2.39. The van der Waals surface area contributed by atoms with E-state index in [9.17, 15) is 8.42 Å². The smallest absolute Gasteiger partial charge is 0.339 e. The van der Waals surface area contributed by atoms with Gasteiger partial charge in [-0.3, -0.25) is 0 Å². The number of methoxy groups -OCH3 is 1. The van der Waals surface area contributed by atoms with Crippen molar-refractivity contribution >= 4 is 33.3 Å². The molecule has 0 bridgehead atoms. The summed E-state index contributed by atoms with van der Waals surface area (Å²) in [7, 11) is -2.49. The Labute approximate surface area is 133 Å². The molecule has 0 spiro atoms. The lowest BCUT2D eigenvalue weighted by Crippen LogP contribution is -2.10. The van der Waals surface area contributed by atoms with Crippen molar-refractivity contribution in [1.29, 1.82) is 0 Å². The van der Waals surface area contributed by atoms with Crippen molar-refractivity contribution in [2.45, 2.75) is 11.8 Å². The predicted molar refractivity (Wildman–Crippen MR) is 82.0 cm³/mol. The van der Waals surface area contributed by atoms with Crippen molar-refractivity contribution in [1.82, 2.24) is 0 Å². The van der Waals surface area contributed by atoms with Gasteiger partial charge >= 0.3 is 10.1 Å². The van der Waals surface area contributed by atoms with Gasteiger partial charge in [0.1, 0.15) is 15.7 Å². The monoisotopic (exact) mass is 346 g/mol. The second-order valence-electron chi connectivity index (χ2n) is 4.22. The summed E-state index contributed by atoms with van der Waals surface area (Å²) in [6, 6.07) is 8.96. The van der Waals surface area contributed by atoms with Gasteiger partial charge in [0.15, 0.2) is 5.75 Å². The molecule has 2 rings (SSSR count). The molecule has 21 heavy (non-hydrogen) atoms. The van der Waals surface area contributed by atoms with Crippen LogP contribution in [-0.2, 0) is 10.1 Å². The van der Waals surface area contributed by atoms with Gasteiger partial charge in [0.25, 0.3) is 0 Å². The van der Waals surface area contributed by atoms with Gasteiger partial charge in [-0.15, -0.1) is 0 Å². The van der Waals surface area contributed by atoms with Gasteiger partial charge in [0, 0.05) is 0 Å². The normalized spacial score (nSPS) is 11.2. The Kier molecular flexibility index (Phi) is 4.66. The van der Waals surface area contributed by atoms with Crippen LogP contribution in [0.1, 0.15) is 5.56 Å². The Hall–Kier alpha value is -1.43. The van der Waals surface area contributed by atoms with Gasteiger partial charge < -0.3 is 8.92 Å². The lowest BCUT2D eigenvalue weighted by atomic mass is 10.2. The van der Waals surface area contributed by atoms with Crippen LogP contribution in [0.5, 0.6) is 11.5 Å². The molecule has 0 heterocycles. The zero-order valence-corrected chi connectivity index (χ0v) is 13.6. The molecule has 0 aromatic heterocycles. The third-order valence-corrected chi connectivity index (χ3v) is 4.80. The minimum atomic E-state index is -4.00. The first-order chi connectivity index (χ1) is 9.85. The third kappa shape index (κ3) is 3.43. The Bertz CT molecular complexity index is 773. The first-order valence-corrected chi connectivity index (χ1v) is 8.04. The fourth-order valence-corrected chi connectivity index (χ4v) is 3.12. The van der Waals surface area contributed by atoms with Gasteiger partial charge in [-0.25, -0.2) is 0 Å². The fourth-order valence-electron chi connectivity index (χ4n) is 1.72. The van der Waals surface area contributed by atoms with Crippen LogP contribution in [0.4, 0.5) is 0 Å². The molecule has 0 fully saturated rings. The molecule has 0 aliphatic carbocycles. The molecule has 0 amide bonds. The number of benzene rings is 2.